The van der Waals surface area contributed by atoms with Crippen LogP contribution in [0.15, 0.2) is 67.0 Å². The van der Waals surface area contributed by atoms with Gasteiger partial charge in [0.2, 0.25) is 0 Å². The molecule has 2 aromatic carbocycles. The van der Waals surface area contributed by atoms with Crippen LogP contribution in [-0.2, 0) is 27.2 Å². The average molecular weight is 977 g/mol. The zero-order chi connectivity index (χ0) is 49.7. The second-order valence-corrected chi connectivity index (χ2v) is 20.8. The Kier molecular flexibility index (Phi) is 11.5. The number of nitrogens with two attached hydrogens (primary N) is 2. The van der Waals surface area contributed by atoms with Crippen LogP contribution in [0.25, 0.3) is 67.2 Å². The van der Waals surface area contributed by atoms with Gasteiger partial charge in [0.1, 0.15) is 39.6 Å². The normalized spacial score (nSPS) is 21.9. The standard InChI is InChI=1S/C27H29FN6O2.C27H32N6O3/c1-32-24-19(8-17(10-22(24)36-2)27(35)34-13-15-5-6-20(34)23(15)29)31-26(32)21-9-16-7-18(28)11-30-25(16)33(21)12-14-3-4-14;1-31-24-21(10-18(12-23(24)36-2)27(35)32-14-19(28)7-8-20(32)15-34)30-26(31)22-11-17-4-3-9-29-25(17)33(22)13-16-5-6-16/h7-11,14-15,20,23H,3-6,12-13,29H2,1-2H3;3-4,9-12,16,19-20,34H,5-8,13-15,28H2,1-2H3/t15-,20-,23-;19-,20-/m11/s1. The third-order valence-corrected chi connectivity index (χ3v) is 16.0. The lowest BCUT2D eigenvalue weighted by Crippen LogP contribution is -2.52. The third kappa shape index (κ3) is 7.94. The van der Waals surface area contributed by atoms with Crippen molar-refractivity contribution in [2.45, 2.75) is 88.6 Å². The van der Waals surface area contributed by atoms with Crippen LogP contribution in [0.1, 0.15) is 72.1 Å². The predicted octanol–water partition coefficient (Wildman–Crippen LogP) is 6.64. The van der Waals surface area contributed by atoms with Crippen LogP contribution in [0.3, 0.4) is 0 Å². The molecule has 0 unspecified atom stereocenters. The summed E-state index contributed by atoms with van der Waals surface area (Å²) in [6.07, 6.45) is 11.5. The van der Waals surface area contributed by atoms with E-state index in [9.17, 15) is 19.1 Å². The molecule has 2 saturated heterocycles. The molecule has 5 atom stereocenters. The summed E-state index contributed by atoms with van der Waals surface area (Å²) < 4.78 is 33.9. The first-order chi connectivity index (χ1) is 34.9. The van der Waals surface area contributed by atoms with Crippen molar-refractivity contribution in [2.75, 3.05) is 33.9 Å². The summed E-state index contributed by atoms with van der Waals surface area (Å²) in [4.78, 5) is 49.7. The molecule has 6 aromatic heterocycles. The van der Waals surface area contributed by atoms with Gasteiger partial charge in [-0.2, -0.15) is 0 Å². The summed E-state index contributed by atoms with van der Waals surface area (Å²) in [5, 5.41) is 11.7. The van der Waals surface area contributed by atoms with Gasteiger partial charge in [0.05, 0.1) is 55.5 Å². The Hall–Kier alpha value is -6.89. The molecule has 18 heteroatoms. The highest BCUT2D eigenvalue weighted by atomic mass is 19.1. The first kappa shape index (κ1) is 46.2. The van der Waals surface area contributed by atoms with Gasteiger partial charge in [-0.25, -0.2) is 24.3 Å². The van der Waals surface area contributed by atoms with E-state index in [1.807, 2.05) is 64.7 Å². The second kappa shape index (κ2) is 18.0. The highest BCUT2D eigenvalue weighted by Gasteiger charge is 2.47. The maximum Gasteiger partial charge on any atom is 0.254 e. The number of piperidine rings is 2. The first-order valence-electron chi connectivity index (χ1n) is 25.3. The van der Waals surface area contributed by atoms with Crippen molar-refractivity contribution in [3.05, 3.63) is 83.9 Å². The van der Waals surface area contributed by atoms with Crippen molar-refractivity contribution in [3.63, 3.8) is 0 Å². The first-order valence-corrected chi connectivity index (χ1v) is 25.3. The zero-order valence-electron chi connectivity index (χ0n) is 41.2. The number of hydrogen-bond acceptors (Lipinski definition) is 11. The molecule has 8 heterocycles. The highest BCUT2D eigenvalue weighted by molar-refractivity contribution is 6.02. The molecule has 5 fully saturated rings. The molecule has 17 nitrogen and oxygen atoms in total. The van der Waals surface area contributed by atoms with Gasteiger partial charge in [-0.15, -0.1) is 0 Å². The monoisotopic (exact) mass is 976 g/mol. The molecule has 3 saturated carbocycles. The lowest BCUT2D eigenvalue weighted by molar-refractivity contribution is 0.0472. The Balaban J connectivity index is 0.000000147. The van der Waals surface area contributed by atoms with Crippen LogP contribution in [-0.4, -0.2) is 123 Å². The van der Waals surface area contributed by atoms with E-state index in [0.29, 0.717) is 70.9 Å². The molecule has 0 spiro atoms. The van der Waals surface area contributed by atoms with E-state index < -0.39 is 0 Å². The Labute approximate surface area is 415 Å². The number of aliphatic hydroxyl groups excluding tert-OH is 1. The topological polar surface area (TPSA) is 203 Å². The molecule has 5 aliphatic rings. The fourth-order valence-corrected chi connectivity index (χ4v) is 11.8. The van der Waals surface area contributed by atoms with Gasteiger partial charge >= 0.3 is 0 Å². The number of fused-ring (bicyclic) bond motifs is 6. The van der Waals surface area contributed by atoms with Gasteiger partial charge in [-0.1, -0.05) is 0 Å². The van der Waals surface area contributed by atoms with Crippen LogP contribution in [0.4, 0.5) is 4.39 Å². The third-order valence-electron chi connectivity index (χ3n) is 16.0. The van der Waals surface area contributed by atoms with E-state index in [2.05, 4.69) is 31.2 Å². The highest BCUT2D eigenvalue weighted by Crippen LogP contribution is 2.42. The van der Waals surface area contributed by atoms with Crippen molar-refractivity contribution in [1.82, 2.24) is 48.0 Å². The summed E-state index contributed by atoms with van der Waals surface area (Å²) in [6.45, 7) is 2.79. The van der Waals surface area contributed by atoms with E-state index in [-0.39, 0.29) is 48.4 Å². The number of imidazole rings is 2. The van der Waals surface area contributed by atoms with E-state index in [4.69, 9.17) is 30.9 Å². The lowest BCUT2D eigenvalue weighted by Gasteiger charge is -2.37. The number of methoxy groups -OCH3 is 2. The van der Waals surface area contributed by atoms with Gasteiger partial charge in [0.15, 0.2) is 11.6 Å². The van der Waals surface area contributed by atoms with Crippen LogP contribution in [0.2, 0.25) is 0 Å². The molecule has 2 amide bonds. The van der Waals surface area contributed by atoms with Crippen LogP contribution >= 0.6 is 0 Å². The summed E-state index contributed by atoms with van der Waals surface area (Å²) in [5.41, 5.74) is 20.2. The maximum absolute atomic E-state index is 14.0. The van der Waals surface area contributed by atoms with Crippen LogP contribution in [0, 0.1) is 23.6 Å². The number of aryl methyl sites for hydroxylation is 2. The minimum atomic E-state index is -0.359. The van der Waals surface area contributed by atoms with Crippen molar-refractivity contribution < 1.29 is 28.6 Å². The van der Waals surface area contributed by atoms with E-state index in [0.717, 1.165) is 88.5 Å². The van der Waals surface area contributed by atoms with Crippen molar-refractivity contribution in [2.24, 2.45) is 43.3 Å². The van der Waals surface area contributed by atoms with Crippen molar-refractivity contribution in [3.8, 4) is 34.5 Å². The Bertz CT molecular complexity index is 3440. The average Bonchev–Trinajstić information content (AvgIpc) is 4.18. The molecule has 0 radical (unpaired) electrons. The summed E-state index contributed by atoms with van der Waals surface area (Å²) in [5.74, 6) is 3.83. The van der Waals surface area contributed by atoms with Gasteiger partial charge in [-0.3, -0.25) is 9.59 Å². The molecule has 2 aliphatic heterocycles. The number of nitrogens with zero attached hydrogens (tertiary/aromatic N) is 10. The van der Waals surface area contributed by atoms with Crippen molar-refractivity contribution >= 4 is 55.9 Å². The number of amides is 2. The molecule has 13 rings (SSSR count). The van der Waals surface area contributed by atoms with E-state index in [1.165, 1.54) is 37.9 Å². The smallest absolute Gasteiger partial charge is 0.254 e. The number of halogens is 1. The number of aromatic nitrogens is 8. The summed E-state index contributed by atoms with van der Waals surface area (Å²) in [6, 6.07) is 16.8. The van der Waals surface area contributed by atoms with Gasteiger partial charge in [0, 0.05) is 86.5 Å². The maximum atomic E-state index is 14.0. The molecule has 8 aromatic rings. The number of pyridine rings is 2. The molecular weight excluding hydrogens is 916 g/mol. The molecule has 72 heavy (non-hydrogen) atoms. The van der Waals surface area contributed by atoms with Gasteiger partial charge in [-0.05, 0) is 124 Å². The number of benzene rings is 2. The minimum absolute atomic E-state index is 0.0208. The molecule has 2 bridgehead atoms. The van der Waals surface area contributed by atoms with Crippen LogP contribution < -0.4 is 20.9 Å². The zero-order valence-corrected chi connectivity index (χ0v) is 41.2. The fraction of sp³-hybridized carbons (Fsp3) is 0.444. The predicted molar refractivity (Wildman–Crippen MR) is 272 cm³/mol. The molecule has 374 valence electrons. The second-order valence-electron chi connectivity index (χ2n) is 20.8. The SMILES string of the molecule is COc1cc(C(=O)N2C[C@H](N)CC[C@@H]2CO)cc2nc(-c3cc4cccnc4n3CC3CC3)n(C)c12.COc1cc(C(=O)N2C[C@H]3CC[C@@H]2[C@@H]3N)cc2nc(-c3cc4cc(F)cnc4n3CC3CC3)n(C)c12. The van der Waals surface area contributed by atoms with Gasteiger partial charge < -0.3 is 54.1 Å². The lowest BCUT2D eigenvalue weighted by atomic mass is 9.98. The number of carbonyl (C=O) groups excluding carboxylic acids is 2. The molecule has 3 aliphatic carbocycles. The molecule has 5 N–H and O–H groups in total. The van der Waals surface area contributed by atoms with E-state index >= 15 is 0 Å². The minimum Gasteiger partial charge on any atom is -0.494 e. The number of aliphatic hydroxyl groups is 1. The number of rotatable bonds is 11. The Morgan fingerprint density at radius 2 is 1.29 bits per heavy atom. The van der Waals surface area contributed by atoms with E-state index in [1.54, 1.807) is 25.2 Å². The molecular formula is C54H61FN12O5. The summed E-state index contributed by atoms with van der Waals surface area (Å²) in [7, 11) is 7.14. The Morgan fingerprint density at radius 1 is 0.708 bits per heavy atom. The fourth-order valence-electron chi connectivity index (χ4n) is 11.8. The van der Waals surface area contributed by atoms with Crippen molar-refractivity contribution in [1.29, 1.82) is 0 Å². The number of ether oxygens (including phenoxy) is 2. The number of carbonyl (C=O) groups is 2. The van der Waals surface area contributed by atoms with Gasteiger partial charge in [0.25, 0.3) is 11.8 Å². The number of hydrogen-bond donors (Lipinski definition) is 3. The Morgan fingerprint density at radius 3 is 1.83 bits per heavy atom. The largest absolute Gasteiger partial charge is 0.494 e. The number of likely N-dealkylation sites (tertiary alicyclic amines) is 2. The van der Waals surface area contributed by atoms with Crippen LogP contribution in [0.5, 0.6) is 11.5 Å². The summed E-state index contributed by atoms with van der Waals surface area (Å²) >= 11 is 0. The quantitative estimate of drug-likeness (QED) is 0.125.